The highest BCUT2D eigenvalue weighted by Crippen LogP contribution is 2.40. The van der Waals surface area contributed by atoms with Crippen LogP contribution in [0.1, 0.15) is 71.8 Å². The number of tetrazole rings is 1. The monoisotopic (exact) mass is 351 g/mol. The van der Waals surface area contributed by atoms with Crippen molar-refractivity contribution in [3.8, 4) is 0 Å². The van der Waals surface area contributed by atoms with Gasteiger partial charge in [-0.05, 0) is 60.3 Å². The highest BCUT2D eigenvalue weighted by molar-refractivity contribution is 7.99. The van der Waals surface area contributed by atoms with E-state index in [1.54, 1.807) is 0 Å². The van der Waals surface area contributed by atoms with Crippen LogP contribution in [0.25, 0.3) is 0 Å². The Labute approximate surface area is 148 Å². The fourth-order valence-corrected chi connectivity index (χ4v) is 4.29. The zero-order valence-electron chi connectivity index (χ0n) is 15.0. The molecule has 1 aromatic rings. The van der Waals surface area contributed by atoms with Gasteiger partial charge in [-0.3, -0.25) is 4.79 Å². The number of hydrogen-bond acceptors (Lipinski definition) is 5. The maximum Gasteiger partial charge on any atom is 0.230 e. The fraction of sp³-hybridized carbons (Fsp3) is 0.882. The van der Waals surface area contributed by atoms with Crippen LogP contribution in [-0.4, -0.2) is 37.9 Å². The maximum atomic E-state index is 12.2. The van der Waals surface area contributed by atoms with Gasteiger partial charge in [0.15, 0.2) is 0 Å². The van der Waals surface area contributed by atoms with Crippen LogP contribution in [0.4, 0.5) is 0 Å². The predicted octanol–water partition coefficient (Wildman–Crippen LogP) is 3.21. The van der Waals surface area contributed by atoms with Gasteiger partial charge in [0.25, 0.3) is 0 Å². The highest BCUT2D eigenvalue weighted by Gasteiger charge is 2.32. The summed E-state index contributed by atoms with van der Waals surface area (Å²) in [6.45, 7) is 7.02. The number of aromatic nitrogens is 4. The molecule has 1 N–H and O–H groups in total. The number of carbonyl (C=O) groups is 1. The Balaban J connectivity index is 1.40. The van der Waals surface area contributed by atoms with Crippen molar-refractivity contribution >= 4 is 17.7 Å². The number of hydrogen-bond donors (Lipinski definition) is 1. The molecule has 134 valence electrons. The van der Waals surface area contributed by atoms with E-state index in [9.17, 15) is 4.79 Å². The molecule has 0 atom stereocenters. The molecule has 7 heteroatoms. The van der Waals surface area contributed by atoms with Gasteiger partial charge in [-0.25, -0.2) is 4.68 Å². The molecule has 2 saturated carbocycles. The normalized spacial score (nSPS) is 24.8. The molecule has 0 aromatic carbocycles. The van der Waals surface area contributed by atoms with E-state index < -0.39 is 0 Å². The summed E-state index contributed by atoms with van der Waals surface area (Å²) in [5.41, 5.74) is 0.421. The summed E-state index contributed by atoms with van der Waals surface area (Å²) in [5.74, 6) is 1.28. The van der Waals surface area contributed by atoms with Gasteiger partial charge in [0.2, 0.25) is 11.1 Å². The van der Waals surface area contributed by atoms with Crippen molar-refractivity contribution in [2.75, 3.05) is 5.75 Å². The third kappa shape index (κ3) is 4.29. The van der Waals surface area contributed by atoms with E-state index in [1.807, 2.05) is 4.68 Å². The lowest BCUT2D eigenvalue weighted by Gasteiger charge is -2.39. The number of nitrogens with one attached hydrogen (secondary N) is 1. The Kier molecular flexibility index (Phi) is 5.47. The van der Waals surface area contributed by atoms with Crippen molar-refractivity contribution in [2.45, 2.75) is 83.0 Å². The lowest BCUT2D eigenvalue weighted by molar-refractivity contribution is -0.119. The molecule has 0 spiro atoms. The molecule has 0 radical (unpaired) electrons. The quantitative estimate of drug-likeness (QED) is 0.764. The zero-order chi connectivity index (χ0) is 17.2. The second-order valence-corrected chi connectivity index (χ2v) is 8.83. The molecule has 6 nitrogen and oxygen atoms in total. The Morgan fingerprint density at radius 1 is 1.25 bits per heavy atom. The lowest BCUT2D eigenvalue weighted by Crippen LogP contribution is -2.40. The van der Waals surface area contributed by atoms with Gasteiger partial charge in [0.05, 0.1) is 11.8 Å². The van der Waals surface area contributed by atoms with Crippen LogP contribution < -0.4 is 5.32 Å². The molecule has 2 aliphatic rings. The number of amides is 1. The van der Waals surface area contributed by atoms with Crippen LogP contribution in [0.15, 0.2) is 5.16 Å². The van der Waals surface area contributed by atoms with Gasteiger partial charge in [-0.2, -0.15) is 0 Å². The topological polar surface area (TPSA) is 72.7 Å². The zero-order valence-corrected chi connectivity index (χ0v) is 15.8. The van der Waals surface area contributed by atoms with Crippen LogP contribution in [0, 0.1) is 11.3 Å². The summed E-state index contributed by atoms with van der Waals surface area (Å²) in [5, 5.41) is 15.7. The minimum atomic E-state index is 0.101. The number of rotatable bonds is 7. The van der Waals surface area contributed by atoms with E-state index in [2.05, 4.69) is 41.6 Å². The summed E-state index contributed by atoms with van der Waals surface area (Å²) in [6, 6.07) is 0.782. The van der Waals surface area contributed by atoms with Gasteiger partial charge in [-0.15, -0.1) is 5.10 Å². The molecule has 24 heavy (non-hydrogen) atoms. The molecule has 2 aliphatic carbocycles. The first kappa shape index (κ1) is 17.7. The molecular formula is C17H29N5OS. The Bertz CT molecular complexity index is 561. The fourth-order valence-electron chi connectivity index (χ4n) is 3.54. The summed E-state index contributed by atoms with van der Waals surface area (Å²) >= 11 is 1.44. The van der Waals surface area contributed by atoms with Crippen molar-refractivity contribution in [2.24, 2.45) is 11.3 Å². The number of carbonyl (C=O) groups excluding carboxylic acids is 1. The minimum absolute atomic E-state index is 0.101. The van der Waals surface area contributed by atoms with E-state index in [0.717, 1.165) is 36.8 Å². The summed E-state index contributed by atoms with van der Waals surface area (Å²) in [4.78, 5) is 12.2. The van der Waals surface area contributed by atoms with Crippen molar-refractivity contribution < 1.29 is 4.79 Å². The summed E-state index contributed by atoms with van der Waals surface area (Å²) < 4.78 is 1.86. The number of nitrogens with zero attached hydrogens (tertiary/aromatic N) is 4. The molecule has 1 aromatic heterocycles. The van der Waals surface area contributed by atoms with Crippen LogP contribution in [0.2, 0.25) is 0 Å². The largest absolute Gasteiger partial charge is 0.353 e. The third-order valence-electron chi connectivity index (χ3n) is 5.80. The first-order chi connectivity index (χ1) is 11.5. The van der Waals surface area contributed by atoms with E-state index in [0.29, 0.717) is 23.3 Å². The maximum absolute atomic E-state index is 12.2. The first-order valence-corrected chi connectivity index (χ1v) is 10.2. The molecule has 1 amide bonds. The summed E-state index contributed by atoms with van der Waals surface area (Å²) in [6.07, 6.45) is 8.15. The van der Waals surface area contributed by atoms with E-state index in [4.69, 9.17) is 0 Å². The van der Waals surface area contributed by atoms with Gasteiger partial charge < -0.3 is 5.32 Å². The van der Waals surface area contributed by atoms with Crippen molar-refractivity contribution in [3.63, 3.8) is 0 Å². The molecule has 0 aliphatic heterocycles. The van der Waals surface area contributed by atoms with E-state index >= 15 is 0 Å². The van der Waals surface area contributed by atoms with Gasteiger partial charge in [0.1, 0.15) is 0 Å². The highest BCUT2D eigenvalue weighted by atomic mass is 32.2. The standard InChI is InChI=1S/C17H29N5OS/c1-4-17(2,3)12-5-7-13(8-6-12)18-15(23)11-24-16-19-20-21-22(16)14-9-10-14/h12-14H,4-11H2,1-3H3,(H,18,23). The predicted molar refractivity (Wildman–Crippen MR) is 94.8 cm³/mol. The molecule has 0 bridgehead atoms. The van der Waals surface area contributed by atoms with Crippen LogP contribution in [-0.2, 0) is 4.79 Å². The van der Waals surface area contributed by atoms with Gasteiger partial charge >= 0.3 is 0 Å². The van der Waals surface area contributed by atoms with Gasteiger partial charge in [-0.1, -0.05) is 39.0 Å². The average molecular weight is 352 g/mol. The van der Waals surface area contributed by atoms with Gasteiger partial charge in [0, 0.05) is 6.04 Å². The SMILES string of the molecule is CCC(C)(C)C1CCC(NC(=O)CSc2nnnn2C2CC2)CC1. The number of thioether (sulfide) groups is 1. The Hall–Kier alpha value is -1.11. The molecular weight excluding hydrogens is 322 g/mol. The van der Waals surface area contributed by atoms with Crippen LogP contribution >= 0.6 is 11.8 Å². The summed E-state index contributed by atoms with van der Waals surface area (Å²) in [7, 11) is 0. The second kappa shape index (κ2) is 7.42. The Morgan fingerprint density at radius 2 is 1.96 bits per heavy atom. The molecule has 3 rings (SSSR count). The van der Waals surface area contributed by atoms with Crippen LogP contribution in [0.5, 0.6) is 0 Å². The Morgan fingerprint density at radius 3 is 2.58 bits per heavy atom. The third-order valence-corrected chi connectivity index (χ3v) is 6.73. The van der Waals surface area contributed by atoms with Crippen molar-refractivity contribution in [3.05, 3.63) is 0 Å². The average Bonchev–Trinajstić information content (AvgIpc) is 3.31. The molecule has 1 heterocycles. The van der Waals surface area contributed by atoms with Crippen LogP contribution in [0.3, 0.4) is 0 Å². The first-order valence-electron chi connectivity index (χ1n) is 9.19. The lowest BCUT2D eigenvalue weighted by atomic mass is 9.69. The van der Waals surface area contributed by atoms with Crippen molar-refractivity contribution in [1.82, 2.24) is 25.5 Å². The van der Waals surface area contributed by atoms with E-state index in [1.165, 1.54) is 31.0 Å². The minimum Gasteiger partial charge on any atom is -0.353 e. The smallest absolute Gasteiger partial charge is 0.230 e. The van der Waals surface area contributed by atoms with E-state index in [-0.39, 0.29) is 5.91 Å². The second-order valence-electron chi connectivity index (χ2n) is 7.88. The molecule has 2 fully saturated rings. The van der Waals surface area contributed by atoms with Crippen molar-refractivity contribution in [1.29, 1.82) is 0 Å². The molecule has 0 saturated heterocycles. The molecule has 0 unspecified atom stereocenters.